The van der Waals surface area contributed by atoms with Gasteiger partial charge in [0.2, 0.25) is 5.91 Å². The summed E-state index contributed by atoms with van der Waals surface area (Å²) in [4.78, 5) is 10.6. The first kappa shape index (κ1) is 6.59. The van der Waals surface area contributed by atoms with Crippen molar-refractivity contribution in [2.24, 2.45) is 5.92 Å². The molecule has 1 amide bonds. The molecular weight excluding hydrogens is 114 g/mol. The Kier molecular flexibility index (Phi) is 2.09. The van der Waals surface area contributed by atoms with Crippen molar-refractivity contribution >= 4 is 5.91 Å². The molecule has 1 saturated heterocycles. The fourth-order valence-corrected chi connectivity index (χ4v) is 1.13. The summed E-state index contributed by atoms with van der Waals surface area (Å²) in [6.45, 7) is 3.07. The first-order chi connectivity index (χ1) is 4.33. The fraction of sp³-hybridized carbons (Fsp3) is 0.857. The van der Waals surface area contributed by atoms with Gasteiger partial charge in [-0.15, -0.1) is 0 Å². The van der Waals surface area contributed by atoms with Crippen molar-refractivity contribution in [1.82, 2.24) is 5.32 Å². The van der Waals surface area contributed by atoms with Gasteiger partial charge in [0.05, 0.1) is 0 Å². The van der Waals surface area contributed by atoms with Crippen molar-refractivity contribution in [2.45, 2.75) is 26.2 Å². The number of amides is 1. The van der Waals surface area contributed by atoms with Gasteiger partial charge in [0.1, 0.15) is 0 Å². The van der Waals surface area contributed by atoms with Gasteiger partial charge in [-0.1, -0.05) is 13.3 Å². The molecule has 0 saturated carbocycles. The van der Waals surface area contributed by atoms with Gasteiger partial charge < -0.3 is 5.32 Å². The van der Waals surface area contributed by atoms with Crippen LogP contribution in [0.4, 0.5) is 0 Å². The summed E-state index contributed by atoms with van der Waals surface area (Å²) in [5.41, 5.74) is 0. The zero-order valence-electron chi connectivity index (χ0n) is 5.81. The average Bonchev–Trinajstić information content (AvgIpc) is 1.90. The van der Waals surface area contributed by atoms with Crippen LogP contribution in [0.1, 0.15) is 26.2 Å². The lowest BCUT2D eigenvalue weighted by molar-refractivity contribution is -0.122. The molecule has 1 heterocycles. The van der Waals surface area contributed by atoms with E-state index in [0.29, 0.717) is 0 Å². The molecule has 0 spiro atoms. The van der Waals surface area contributed by atoms with Crippen LogP contribution in [0.5, 0.6) is 0 Å². The van der Waals surface area contributed by atoms with Crippen LogP contribution >= 0.6 is 0 Å². The van der Waals surface area contributed by atoms with Gasteiger partial charge in [0.15, 0.2) is 0 Å². The molecule has 1 rings (SSSR count). The van der Waals surface area contributed by atoms with Crippen molar-refractivity contribution in [3.05, 3.63) is 0 Å². The summed E-state index contributed by atoms with van der Waals surface area (Å²) in [7, 11) is 0. The maximum absolute atomic E-state index is 10.6. The normalized spacial score (nSPS) is 27.7. The second-order valence-electron chi connectivity index (χ2n) is 2.62. The Labute approximate surface area is 55.6 Å². The number of piperidine rings is 1. The lowest BCUT2D eigenvalue weighted by atomic mass is 9.97. The number of carbonyl (C=O) groups excluding carboxylic acids is 1. The summed E-state index contributed by atoms with van der Waals surface area (Å²) >= 11 is 0. The first-order valence-corrected chi connectivity index (χ1v) is 3.59. The van der Waals surface area contributed by atoms with Crippen molar-refractivity contribution in [2.75, 3.05) is 6.54 Å². The van der Waals surface area contributed by atoms with E-state index in [1.807, 2.05) is 0 Å². The highest BCUT2D eigenvalue weighted by Gasteiger charge is 2.15. The van der Waals surface area contributed by atoms with E-state index < -0.39 is 0 Å². The molecule has 1 aliphatic rings. The predicted octanol–water partition coefficient (Wildman–Crippen LogP) is 0.923. The standard InChI is InChI=1S/C7H13NO/c1-2-6-3-4-7(9)8-5-6/h6H,2-5H2,1H3,(H,8,9)/t6-/m0/s1. The van der Waals surface area contributed by atoms with E-state index in [0.717, 1.165) is 25.3 Å². The Morgan fingerprint density at radius 3 is 3.00 bits per heavy atom. The molecule has 0 aromatic carbocycles. The zero-order chi connectivity index (χ0) is 6.69. The summed E-state index contributed by atoms with van der Waals surface area (Å²) in [5.74, 6) is 0.961. The number of nitrogens with one attached hydrogen (secondary N) is 1. The van der Waals surface area contributed by atoms with E-state index in [9.17, 15) is 4.79 Å². The molecule has 1 aliphatic heterocycles. The topological polar surface area (TPSA) is 29.1 Å². The highest BCUT2D eigenvalue weighted by molar-refractivity contribution is 5.76. The molecule has 2 nitrogen and oxygen atoms in total. The second kappa shape index (κ2) is 2.85. The van der Waals surface area contributed by atoms with E-state index in [1.165, 1.54) is 6.42 Å². The molecule has 0 bridgehead atoms. The third-order valence-electron chi connectivity index (χ3n) is 1.94. The largest absolute Gasteiger partial charge is 0.356 e. The van der Waals surface area contributed by atoms with Crippen LogP contribution in [0.25, 0.3) is 0 Å². The maximum Gasteiger partial charge on any atom is 0.220 e. The molecule has 1 N–H and O–H groups in total. The van der Waals surface area contributed by atoms with Crippen LogP contribution in [0, 0.1) is 5.92 Å². The van der Waals surface area contributed by atoms with Crippen molar-refractivity contribution < 1.29 is 4.79 Å². The van der Waals surface area contributed by atoms with Crippen LogP contribution in [0.2, 0.25) is 0 Å². The van der Waals surface area contributed by atoms with E-state index in [2.05, 4.69) is 12.2 Å². The molecular formula is C7H13NO. The van der Waals surface area contributed by atoms with Crippen molar-refractivity contribution in [1.29, 1.82) is 0 Å². The van der Waals surface area contributed by atoms with Gasteiger partial charge in [0, 0.05) is 13.0 Å². The highest BCUT2D eigenvalue weighted by atomic mass is 16.1. The molecule has 0 aromatic heterocycles. The van der Waals surface area contributed by atoms with Gasteiger partial charge in [-0.25, -0.2) is 0 Å². The smallest absolute Gasteiger partial charge is 0.220 e. The van der Waals surface area contributed by atoms with Gasteiger partial charge in [0.25, 0.3) is 0 Å². The van der Waals surface area contributed by atoms with Gasteiger partial charge in [-0.3, -0.25) is 4.79 Å². The Bertz CT molecular complexity index is 101. The summed E-state index contributed by atoms with van der Waals surface area (Å²) in [6.07, 6.45) is 3.01. The van der Waals surface area contributed by atoms with E-state index in [4.69, 9.17) is 0 Å². The maximum atomic E-state index is 10.6. The Morgan fingerprint density at radius 2 is 2.56 bits per heavy atom. The molecule has 2 heteroatoms. The molecule has 1 fully saturated rings. The predicted molar refractivity (Wildman–Crippen MR) is 36.0 cm³/mol. The second-order valence-corrected chi connectivity index (χ2v) is 2.62. The van der Waals surface area contributed by atoms with Crippen LogP contribution < -0.4 is 5.32 Å². The minimum atomic E-state index is 0.222. The van der Waals surface area contributed by atoms with Crippen LogP contribution in [-0.2, 0) is 4.79 Å². The molecule has 0 aromatic rings. The quantitative estimate of drug-likeness (QED) is 0.557. The summed E-state index contributed by atoms with van der Waals surface area (Å²) in [6, 6.07) is 0. The molecule has 0 radical (unpaired) electrons. The van der Waals surface area contributed by atoms with Crippen LogP contribution in [0.3, 0.4) is 0 Å². The lowest BCUT2D eigenvalue weighted by Gasteiger charge is -2.20. The number of rotatable bonds is 1. The number of hydrogen-bond donors (Lipinski definition) is 1. The van der Waals surface area contributed by atoms with Crippen molar-refractivity contribution in [3.8, 4) is 0 Å². The third-order valence-corrected chi connectivity index (χ3v) is 1.94. The highest BCUT2D eigenvalue weighted by Crippen LogP contribution is 2.13. The first-order valence-electron chi connectivity index (χ1n) is 3.59. The average molecular weight is 127 g/mol. The van der Waals surface area contributed by atoms with E-state index >= 15 is 0 Å². The molecule has 0 aliphatic carbocycles. The number of hydrogen-bond acceptors (Lipinski definition) is 1. The van der Waals surface area contributed by atoms with Gasteiger partial charge in [-0.2, -0.15) is 0 Å². The lowest BCUT2D eigenvalue weighted by Crippen LogP contribution is -2.34. The summed E-state index contributed by atoms with van der Waals surface area (Å²) < 4.78 is 0. The molecule has 52 valence electrons. The SMILES string of the molecule is CC[C@H]1CCC(=O)NC1. The molecule has 9 heavy (non-hydrogen) atoms. The Hall–Kier alpha value is -0.530. The van der Waals surface area contributed by atoms with Crippen LogP contribution in [-0.4, -0.2) is 12.5 Å². The van der Waals surface area contributed by atoms with Crippen LogP contribution in [0.15, 0.2) is 0 Å². The van der Waals surface area contributed by atoms with Crippen molar-refractivity contribution in [3.63, 3.8) is 0 Å². The third kappa shape index (κ3) is 1.70. The minimum absolute atomic E-state index is 0.222. The molecule has 0 unspecified atom stereocenters. The fourth-order valence-electron chi connectivity index (χ4n) is 1.13. The molecule has 1 atom stereocenters. The van der Waals surface area contributed by atoms with Gasteiger partial charge >= 0.3 is 0 Å². The minimum Gasteiger partial charge on any atom is -0.356 e. The Morgan fingerprint density at radius 1 is 1.78 bits per heavy atom. The van der Waals surface area contributed by atoms with E-state index in [-0.39, 0.29) is 5.91 Å². The number of carbonyl (C=O) groups is 1. The summed E-state index contributed by atoms with van der Waals surface area (Å²) in [5, 5.41) is 2.84. The van der Waals surface area contributed by atoms with E-state index in [1.54, 1.807) is 0 Å². The zero-order valence-corrected chi connectivity index (χ0v) is 5.81. The van der Waals surface area contributed by atoms with Gasteiger partial charge in [-0.05, 0) is 12.3 Å². The Balaban J connectivity index is 2.26. The monoisotopic (exact) mass is 127 g/mol.